The summed E-state index contributed by atoms with van der Waals surface area (Å²) in [6.07, 6.45) is 0.988. The van der Waals surface area contributed by atoms with Crippen molar-refractivity contribution in [3.63, 3.8) is 0 Å². The minimum absolute atomic E-state index is 0.108. The van der Waals surface area contributed by atoms with Crippen LogP contribution in [-0.4, -0.2) is 34.5 Å². The molecule has 3 aromatic rings. The second-order valence-electron chi connectivity index (χ2n) is 6.54. The van der Waals surface area contributed by atoms with Crippen molar-refractivity contribution in [2.24, 2.45) is 0 Å². The highest BCUT2D eigenvalue weighted by molar-refractivity contribution is 7.14. The van der Waals surface area contributed by atoms with Crippen molar-refractivity contribution in [3.05, 3.63) is 69.0 Å². The quantitative estimate of drug-likeness (QED) is 0.767. The van der Waals surface area contributed by atoms with Crippen molar-refractivity contribution >= 4 is 17.2 Å². The molecule has 134 valence electrons. The number of aryl methyl sites for hydroxylation is 1. The van der Waals surface area contributed by atoms with Gasteiger partial charge in [0.25, 0.3) is 5.91 Å². The van der Waals surface area contributed by atoms with E-state index in [-0.39, 0.29) is 5.91 Å². The van der Waals surface area contributed by atoms with E-state index in [2.05, 4.69) is 27.4 Å². The molecule has 1 aliphatic heterocycles. The maximum atomic E-state index is 12.9. The number of thiophene rings is 1. The van der Waals surface area contributed by atoms with E-state index in [4.69, 9.17) is 4.52 Å². The molecule has 0 spiro atoms. The molecule has 0 fully saturated rings. The van der Waals surface area contributed by atoms with Gasteiger partial charge in [0.2, 0.25) is 5.89 Å². The van der Waals surface area contributed by atoms with E-state index >= 15 is 0 Å². The Kier molecular flexibility index (Phi) is 4.57. The van der Waals surface area contributed by atoms with Gasteiger partial charge in [-0.2, -0.15) is 4.98 Å². The fraction of sp³-hybridized carbons (Fsp3) is 0.316. The largest absolute Gasteiger partial charge is 0.340 e. The van der Waals surface area contributed by atoms with Gasteiger partial charge in [-0.15, -0.1) is 11.3 Å². The fourth-order valence-electron chi connectivity index (χ4n) is 3.14. The molecule has 6 nitrogen and oxygen atoms in total. The Morgan fingerprint density at radius 2 is 2.15 bits per heavy atom. The van der Waals surface area contributed by atoms with Crippen molar-refractivity contribution in [2.45, 2.75) is 25.9 Å². The van der Waals surface area contributed by atoms with Crippen molar-refractivity contribution in [3.8, 4) is 0 Å². The number of carbonyl (C=O) groups excluding carboxylic acids is 1. The number of benzene rings is 1. The molecular formula is C19H20N4O2S. The monoisotopic (exact) mass is 368 g/mol. The summed E-state index contributed by atoms with van der Waals surface area (Å²) in [6.45, 7) is 3.67. The van der Waals surface area contributed by atoms with Crippen molar-refractivity contribution in [2.75, 3.05) is 13.6 Å². The smallest absolute Gasteiger partial charge is 0.262 e. The summed E-state index contributed by atoms with van der Waals surface area (Å²) in [7, 11) is 2.10. The zero-order valence-electron chi connectivity index (χ0n) is 14.7. The van der Waals surface area contributed by atoms with Crippen LogP contribution in [0.25, 0.3) is 0 Å². The predicted molar refractivity (Wildman–Crippen MR) is 99.1 cm³/mol. The standard InChI is InChI=1S/C19H20N4O2S/c1-12-20-18(22-25-12)17(13-6-4-3-5-7-13)21-19(24)15-10-14-8-9-23(2)11-16(14)26-15/h3-7,10,17H,8-9,11H2,1-2H3,(H,21,24). The minimum atomic E-state index is -0.442. The summed E-state index contributed by atoms with van der Waals surface area (Å²) >= 11 is 1.57. The average Bonchev–Trinajstić information content (AvgIpc) is 3.26. The number of rotatable bonds is 4. The first-order chi connectivity index (χ1) is 12.6. The second-order valence-corrected chi connectivity index (χ2v) is 7.67. The molecule has 1 N–H and O–H groups in total. The molecule has 0 aliphatic carbocycles. The third-order valence-electron chi connectivity index (χ3n) is 4.51. The predicted octanol–water partition coefficient (Wildman–Crippen LogP) is 2.95. The van der Waals surface area contributed by atoms with E-state index in [0.717, 1.165) is 30.0 Å². The Morgan fingerprint density at radius 3 is 2.88 bits per heavy atom. The van der Waals surface area contributed by atoms with E-state index in [0.29, 0.717) is 11.7 Å². The van der Waals surface area contributed by atoms with E-state index in [1.54, 1.807) is 18.3 Å². The number of carbonyl (C=O) groups is 1. The number of hydrogen-bond donors (Lipinski definition) is 1. The van der Waals surface area contributed by atoms with E-state index in [1.165, 1.54) is 10.4 Å². The van der Waals surface area contributed by atoms with Gasteiger partial charge < -0.3 is 14.7 Å². The summed E-state index contributed by atoms with van der Waals surface area (Å²) in [5.41, 5.74) is 2.20. The first-order valence-electron chi connectivity index (χ1n) is 8.56. The van der Waals surface area contributed by atoms with Gasteiger partial charge in [-0.3, -0.25) is 4.79 Å². The van der Waals surface area contributed by atoms with Gasteiger partial charge in [0.1, 0.15) is 6.04 Å². The molecule has 7 heteroatoms. The van der Waals surface area contributed by atoms with Gasteiger partial charge >= 0.3 is 0 Å². The Balaban J connectivity index is 1.61. The Hall–Kier alpha value is -2.51. The van der Waals surface area contributed by atoms with Crippen LogP contribution in [0.1, 0.15) is 43.4 Å². The fourth-order valence-corrected chi connectivity index (χ4v) is 4.33. The molecule has 4 rings (SSSR count). The molecule has 1 aliphatic rings. The third kappa shape index (κ3) is 3.40. The van der Waals surface area contributed by atoms with E-state index < -0.39 is 6.04 Å². The first-order valence-corrected chi connectivity index (χ1v) is 9.38. The summed E-state index contributed by atoms with van der Waals surface area (Å²) < 4.78 is 5.12. The number of nitrogens with one attached hydrogen (secondary N) is 1. The maximum absolute atomic E-state index is 12.9. The summed E-state index contributed by atoms with van der Waals surface area (Å²) in [6, 6.07) is 11.3. The molecule has 0 radical (unpaired) electrons. The molecular weight excluding hydrogens is 348 g/mol. The molecule has 0 saturated carbocycles. The van der Waals surface area contributed by atoms with E-state index in [9.17, 15) is 4.79 Å². The lowest BCUT2D eigenvalue weighted by Gasteiger charge is -2.21. The normalized spacial score (nSPS) is 15.5. The van der Waals surface area contributed by atoms with Gasteiger partial charge in [0, 0.05) is 24.9 Å². The first kappa shape index (κ1) is 16.9. The Bertz CT molecular complexity index is 919. The number of fused-ring (bicyclic) bond motifs is 1. The Labute approximate surface area is 155 Å². The van der Waals surface area contributed by atoms with Crippen molar-refractivity contribution < 1.29 is 9.32 Å². The molecule has 3 heterocycles. The number of amides is 1. The maximum Gasteiger partial charge on any atom is 0.262 e. The van der Waals surface area contributed by atoms with Crippen LogP contribution in [-0.2, 0) is 13.0 Å². The van der Waals surface area contributed by atoms with Gasteiger partial charge in [0.05, 0.1) is 4.88 Å². The zero-order chi connectivity index (χ0) is 18.1. The Morgan fingerprint density at radius 1 is 1.35 bits per heavy atom. The number of nitrogens with zero attached hydrogens (tertiary/aromatic N) is 3. The molecule has 26 heavy (non-hydrogen) atoms. The van der Waals surface area contributed by atoms with Crippen LogP contribution in [0.3, 0.4) is 0 Å². The summed E-state index contributed by atoms with van der Waals surface area (Å²) in [5.74, 6) is 0.830. The van der Waals surface area contributed by atoms with Crippen LogP contribution in [0.4, 0.5) is 0 Å². The van der Waals surface area contributed by atoms with E-state index in [1.807, 2.05) is 36.4 Å². The second kappa shape index (κ2) is 7.01. The molecule has 1 aromatic carbocycles. The number of hydrogen-bond acceptors (Lipinski definition) is 6. The third-order valence-corrected chi connectivity index (χ3v) is 5.67. The molecule has 1 unspecified atom stereocenters. The minimum Gasteiger partial charge on any atom is -0.340 e. The molecule has 0 bridgehead atoms. The van der Waals surface area contributed by atoms with Crippen LogP contribution in [0.2, 0.25) is 0 Å². The topological polar surface area (TPSA) is 71.3 Å². The average molecular weight is 368 g/mol. The highest BCUT2D eigenvalue weighted by Gasteiger charge is 2.25. The van der Waals surface area contributed by atoms with Crippen LogP contribution < -0.4 is 5.32 Å². The molecule has 1 amide bonds. The van der Waals surface area contributed by atoms with Gasteiger partial charge in [-0.1, -0.05) is 35.5 Å². The van der Waals surface area contributed by atoms with Crippen LogP contribution in [0.5, 0.6) is 0 Å². The number of aromatic nitrogens is 2. The molecule has 2 aromatic heterocycles. The van der Waals surface area contributed by atoms with Crippen LogP contribution in [0, 0.1) is 6.92 Å². The highest BCUT2D eigenvalue weighted by Crippen LogP contribution is 2.28. The SMILES string of the molecule is Cc1nc(C(NC(=O)c2cc3c(s2)CN(C)CC3)c2ccccc2)no1. The highest BCUT2D eigenvalue weighted by atomic mass is 32.1. The summed E-state index contributed by atoms with van der Waals surface area (Å²) in [4.78, 5) is 21.5. The lowest BCUT2D eigenvalue weighted by molar-refractivity contribution is 0.0945. The number of likely N-dealkylation sites (N-methyl/N-ethyl adjacent to an activating group) is 1. The van der Waals surface area contributed by atoms with Gasteiger partial charge in [-0.05, 0) is 30.7 Å². The van der Waals surface area contributed by atoms with Gasteiger partial charge in [-0.25, -0.2) is 0 Å². The van der Waals surface area contributed by atoms with Crippen LogP contribution >= 0.6 is 11.3 Å². The van der Waals surface area contributed by atoms with Crippen molar-refractivity contribution in [1.82, 2.24) is 20.4 Å². The zero-order valence-corrected chi connectivity index (χ0v) is 15.5. The molecule has 0 saturated heterocycles. The summed E-state index contributed by atoms with van der Waals surface area (Å²) in [5, 5.41) is 7.08. The lowest BCUT2D eigenvalue weighted by Crippen LogP contribution is -2.29. The van der Waals surface area contributed by atoms with Gasteiger partial charge in [0.15, 0.2) is 5.82 Å². The lowest BCUT2D eigenvalue weighted by atomic mass is 10.1. The van der Waals surface area contributed by atoms with Crippen molar-refractivity contribution in [1.29, 1.82) is 0 Å². The molecule has 1 atom stereocenters. The van der Waals surface area contributed by atoms with Crippen LogP contribution in [0.15, 0.2) is 40.9 Å².